The van der Waals surface area contributed by atoms with Crippen LogP contribution < -0.4 is 0 Å². The Morgan fingerprint density at radius 2 is 2.56 bits per heavy atom. The Labute approximate surface area is 111 Å². The Balaban J connectivity index is 1.59. The average molecular weight is 266 g/mol. The molecule has 4 nitrogen and oxygen atoms in total. The maximum atomic E-state index is 12.2. The Kier molecular flexibility index (Phi) is 3.46. The van der Waals surface area contributed by atoms with E-state index in [2.05, 4.69) is 9.88 Å². The molecule has 1 aromatic rings. The third-order valence-corrected chi connectivity index (χ3v) is 4.71. The molecule has 0 N–H and O–H groups in total. The second kappa shape index (κ2) is 5.07. The molecule has 1 aromatic heterocycles. The summed E-state index contributed by atoms with van der Waals surface area (Å²) in [4.78, 5) is 18.9. The summed E-state index contributed by atoms with van der Waals surface area (Å²) in [6.07, 6.45) is 2.62. The monoisotopic (exact) mass is 266 g/mol. The summed E-state index contributed by atoms with van der Waals surface area (Å²) in [7, 11) is 0. The zero-order valence-corrected chi connectivity index (χ0v) is 11.4. The van der Waals surface area contributed by atoms with E-state index in [0.717, 1.165) is 23.8 Å². The normalized spacial score (nSPS) is 28.3. The fourth-order valence-corrected chi connectivity index (χ4v) is 3.54. The standard InChI is InChI=1S/C13H18N2O2S/c1-9-8-18-13(14-9)5-11(16)12-6-15-4-2-3-10(15)7-17-12/h8,10,12H,2-7H2,1H3. The van der Waals surface area contributed by atoms with Crippen molar-refractivity contribution in [1.82, 2.24) is 9.88 Å². The largest absolute Gasteiger partial charge is 0.367 e. The van der Waals surface area contributed by atoms with Crippen LogP contribution in [0, 0.1) is 6.92 Å². The van der Waals surface area contributed by atoms with Crippen LogP contribution in [0.25, 0.3) is 0 Å². The van der Waals surface area contributed by atoms with Gasteiger partial charge in [-0.25, -0.2) is 4.98 Å². The van der Waals surface area contributed by atoms with Crippen molar-refractivity contribution in [3.8, 4) is 0 Å². The lowest BCUT2D eigenvalue weighted by Gasteiger charge is -2.34. The molecule has 2 unspecified atom stereocenters. The molecule has 3 heterocycles. The van der Waals surface area contributed by atoms with E-state index in [1.807, 2.05) is 12.3 Å². The number of carbonyl (C=O) groups is 1. The number of aromatic nitrogens is 1. The first kappa shape index (κ1) is 12.3. The average Bonchev–Trinajstić information content (AvgIpc) is 2.96. The SMILES string of the molecule is Cc1csc(CC(=O)C2CN3CCCC3CO2)n1. The van der Waals surface area contributed by atoms with Crippen LogP contribution in [0.2, 0.25) is 0 Å². The number of aryl methyl sites for hydroxylation is 1. The van der Waals surface area contributed by atoms with Gasteiger partial charge in [-0.15, -0.1) is 11.3 Å². The van der Waals surface area contributed by atoms with Crippen LogP contribution in [0.1, 0.15) is 23.5 Å². The minimum Gasteiger partial charge on any atom is -0.367 e. The number of nitrogens with zero attached hydrogens (tertiary/aromatic N) is 2. The van der Waals surface area contributed by atoms with Crippen LogP contribution in [-0.4, -0.2) is 47.5 Å². The fraction of sp³-hybridized carbons (Fsp3) is 0.692. The van der Waals surface area contributed by atoms with E-state index in [-0.39, 0.29) is 11.9 Å². The van der Waals surface area contributed by atoms with E-state index >= 15 is 0 Å². The molecule has 0 radical (unpaired) electrons. The van der Waals surface area contributed by atoms with Gasteiger partial charge in [-0.2, -0.15) is 0 Å². The predicted molar refractivity (Wildman–Crippen MR) is 69.9 cm³/mol. The topological polar surface area (TPSA) is 42.4 Å². The Hall–Kier alpha value is -0.780. The van der Waals surface area contributed by atoms with E-state index in [1.54, 1.807) is 11.3 Å². The van der Waals surface area contributed by atoms with Gasteiger partial charge in [0.2, 0.25) is 0 Å². The molecule has 18 heavy (non-hydrogen) atoms. The van der Waals surface area contributed by atoms with Crippen molar-refractivity contribution in [2.75, 3.05) is 19.7 Å². The summed E-state index contributed by atoms with van der Waals surface area (Å²) in [5.74, 6) is 0.176. The summed E-state index contributed by atoms with van der Waals surface area (Å²) < 4.78 is 5.72. The molecule has 3 rings (SSSR count). The van der Waals surface area contributed by atoms with Crippen LogP contribution in [-0.2, 0) is 16.0 Å². The van der Waals surface area contributed by atoms with Gasteiger partial charge in [0.05, 0.1) is 13.0 Å². The Morgan fingerprint density at radius 3 is 3.33 bits per heavy atom. The number of rotatable bonds is 3. The summed E-state index contributed by atoms with van der Waals surface area (Å²) in [5, 5.41) is 2.89. The summed E-state index contributed by atoms with van der Waals surface area (Å²) >= 11 is 1.56. The summed E-state index contributed by atoms with van der Waals surface area (Å²) in [6, 6.07) is 0.552. The van der Waals surface area contributed by atoms with Crippen LogP contribution >= 0.6 is 11.3 Å². The highest BCUT2D eigenvalue weighted by Crippen LogP contribution is 2.23. The minimum atomic E-state index is -0.247. The van der Waals surface area contributed by atoms with Crippen LogP contribution in [0.4, 0.5) is 0 Å². The molecule has 0 spiro atoms. The molecule has 0 aromatic carbocycles. The van der Waals surface area contributed by atoms with Gasteiger partial charge in [0, 0.05) is 23.7 Å². The molecule has 2 atom stereocenters. The van der Waals surface area contributed by atoms with Gasteiger partial charge in [0.15, 0.2) is 5.78 Å². The first-order valence-corrected chi connectivity index (χ1v) is 7.40. The van der Waals surface area contributed by atoms with E-state index in [1.165, 1.54) is 12.8 Å². The third kappa shape index (κ3) is 2.48. The maximum Gasteiger partial charge on any atom is 0.169 e. The number of Topliss-reactive ketones (excluding diaryl/α,β-unsaturated/α-hetero) is 1. The number of ketones is 1. The van der Waals surface area contributed by atoms with Crippen molar-refractivity contribution in [3.05, 3.63) is 16.1 Å². The first-order chi connectivity index (χ1) is 8.72. The highest BCUT2D eigenvalue weighted by molar-refractivity contribution is 7.09. The van der Waals surface area contributed by atoms with Crippen LogP contribution in [0.3, 0.4) is 0 Å². The van der Waals surface area contributed by atoms with Crippen LogP contribution in [0.5, 0.6) is 0 Å². The number of ether oxygens (including phenoxy) is 1. The van der Waals surface area contributed by atoms with Crippen LogP contribution in [0.15, 0.2) is 5.38 Å². The van der Waals surface area contributed by atoms with Gasteiger partial charge in [-0.3, -0.25) is 9.69 Å². The zero-order valence-electron chi connectivity index (χ0n) is 10.6. The van der Waals surface area contributed by atoms with Gasteiger partial charge < -0.3 is 4.74 Å². The van der Waals surface area contributed by atoms with Crippen molar-refractivity contribution < 1.29 is 9.53 Å². The number of fused-ring (bicyclic) bond motifs is 1. The Morgan fingerprint density at radius 1 is 1.67 bits per heavy atom. The van der Waals surface area contributed by atoms with Gasteiger partial charge >= 0.3 is 0 Å². The molecule has 98 valence electrons. The lowest BCUT2D eigenvalue weighted by atomic mass is 10.1. The Bertz CT molecular complexity index is 446. The fourth-order valence-electron chi connectivity index (χ4n) is 2.76. The van der Waals surface area contributed by atoms with E-state index in [4.69, 9.17) is 4.74 Å². The molecule has 0 saturated carbocycles. The van der Waals surface area contributed by atoms with Crippen molar-refractivity contribution in [3.63, 3.8) is 0 Å². The highest BCUT2D eigenvalue weighted by atomic mass is 32.1. The predicted octanol–water partition coefficient (Wildman–Crippen LogP) is 1.43. The minimum absolute atomic E-state index is 0.176. The number of hydrogen-bond acceptors (Lipinski definition) is 5. The van der Waals surface area contributed by atoms with Gasteiger partial charge in [0.25, 0.3) is 0 Å². The third-order valence-electron chi connectivity index (χ3n) is 3.74. The lowest BCUT2D eigenvalue weighted by molar-refractivity contribution is -0.137. The highest BCUT2D eigenvalue weighted by Gasteiger charge is 2.35. The first-order valence-electron chi connectivity index (χ1n) is 6.52. The molecule has 2 aliphatic rings. The molecule has 0 bridgehead atoms. The summed E-state index contributed by atoms with van der Waals surface area (Å²) in [6.45, 7) is 4.56. The molecule has 2 fully saturated rings. The van der Waals surface area contributed by atoms with E-state index < -0.39 is 0 Å². The number of carbonyl (C=O) groups excluding carboxylic acids is 1. The van der Waals surface area contributed by atoms with Crippen molar-refractivity contribution in [2.45, 2.75) is 38.3 Å². The van der Waals surface area contributed by atoms with E-state index in [0.29, 0.717) is 19.1 Å². The second-order valence-electron chi connectivity index (χ2n) is 5.14. The van der Waals surface area contributed by atoms with Gasteiger partial charge in [0.1, 0.15) is 11.1 Å². The van der Waals surface area contributed by atoms with Crippen molar-refractivity contribution in [2.24, 2.45) is 0 Å². The van der Waals surface area contributed by atoms with Crippen molar-refractivity contribution in [1.29, 1.82) is 0 Å². The second-order valence-corrected chi connectivity index (χ2v) is 6.08. The molecule has 2 aliphatic heterocycles. The van der Waals surface area contributed by atoms with Crippen molar-refractivity contribution >= 4 is 17.1 Å². The summed E-state index contributed by atoms with van der Waals surface area (Å²) in [5.41, 5.74) is 0.993. The smallest absolute Gasteiger partial charge is 0.169 e. The molecule has 5 heteroatoms. The molecular formula is C13H18N2O2S. The molecule has 0 aliphatic carbocycles. The zero-order chi connectivity index (χ0) is 12.5. The quantitative estimate of drug-likeness (QED) is 0.830. The number of thiazole rings is 1. The molecule has 2 saturated heterocycles. The number of hydrogen-bond donors (Lipinski definition) is 0. The van der Waals surface area contributed by atoms with Gasteiger partial charge in [-0.05, 0) is 26.3 Å². The number of morpholine rings is 1. The lowest BCUT2D eigenvalue weighted by Crippen LogP contribution is -2.49. The van der Waals surface area contributed by atoms with E-state index in [9.17, 15) is 4.79 Å². The molecule has 0 amide bonds. The molecular weight excluding hydrogens is 248 g/mol. The maximum absolute atomic E-state index is 12.2. The van der Waals surface area contributed by atoms with Gasteiger partial charge in [-0.1, -0.05) is 0 Å².